The van der Waals surface area contributed by atoms with Crippen molar-refractivity contribution in [2.24, 2.45) is 0 Å². The van der Waals surface area contributed by atoms with Crippen LogP contribution in [0, 0.1) is 6.92 Å². The predicted octanol–water partition coefficient (Wildman–Crippen LogP) is 4.18. The van der Waals surface area contributed by atoms with Crippen LogP contribution in [-0.4, -0.2) is 54.1 Å². The van der Waals surface area contributed by atoms with E-state index in [-0.39, 0.29) is 0 Å². The summed E-state index contributed by atoms with van der Waals surface area (Å²) in [7, 11) is 2.22. The van der Waals surface area contributed by atoms with Gasteiger partial charge in [-0.05, 0) is 50.6 Å². The third-order valence-electron chi connectivity index (χ3n) is 5.82. The highest BCUT2D eigenvalue weighted by molar-refractivity contribution is 5.84. The van der Waals surface area contributed by atoms with Crippen molar-refractivity contribution in [3.63, 3.8) is 0 Å². The van der Waals surface area contributed by atoms with E-state index in [0.717, 1.165) is 13.0 Å². The summed E-state index contributed by atoms with van der Waals surface area (Å²) in [6.07, 6.45) is 4.78. The first kappa shape index (κ1) is 18.3. The number of nitrogens with zero attached hydrogens (tertiary/aromatic N) is 3. The number of hydrogen-bond donors (Lipinski definition) is 0. The molecule has 3 heteroatoms. The molecule has 3 nitrogen and oxygen atoms in total. The van der Waals surface area contributed by atoms with E-state index in [1.807, 2.05) is 0 Å². The molecule has 0 saturated carbocycles. The topological polar surface area (TPSA) is 11.4 Å². The zero-order valence-electron chi connectivity index (χ0n) is 16.7. The fourth-order valence-corrected chi connectivity index (χ4v) is 4.22. The lowest BCUT2D eigenvalue weighted by Crippen LogP contribution is -2.44. The Bertz CT molecular complexity index is 888. The van der Waals surface area contributed by atoms with Crippen LogP contribution in [0.3, 0.4) is 0 Å². The zero-order valence-corrected chi connectivity index (χ0v) is 16.7. The molecule has 0 radical (unpaired) electrons. The third-order valence-corrected chi connectivity index (χ3v) is 5.82. The highest BCUT2D eigenvalue weighted by Crippen LogP contribution is 2.24. The predicted molar refractivity (Wildman–Crippen MR) is 114 cm³/mol. The molecule has 1 fully saturated rings. The highest BCUT2D eigenvalue weighted by Gasteiger charge is 2.14. The summed E-state index contributed by atoms with van der Waals surface area (Å²) in [6.45, 7) is 9.16. The molecular weight excluding hydrogens is 330 g/mol. The van der Waals surface area contributed by atoms with Gasteiger partial charge < -0.3 is 14.4 Å². The highest BCUT2D eigenvalue weighted by atomic mass is 15.2. The molecule has 0 aliphatic carbocycles. The Balaban J connectivity index is 1.46. The molecule has 2 heterocycles. The molecule has 27 heavy (non-hydrogen) atoms. The average molecular weight is 362 g/mol. The first-order chi connectivity index (χ1) is 13.2. The lowest BCUT2D eigenvalue weighted by molar-refractivity contribution is 0.153. The quantitative estimate of drug-likeness (QED) is 0.653. The van der Waals surface area contributed by atoms with E-state index < -0.39 is 0 Å². The molecule has 3 aromatic rings. The van der Waals surface area contributed by atoms with Crippen LogP contribution in [0.25, 0.3) is 10.9 Å². The van der Waals surface area contributed by atoms with Gasteiger partial charge in [0.2, 0.25) is 0 Å². The van der Waals surface area contributed by atoms with Gasteiger partial charge in [-0.1, -0.05) is 48.0 Å². The minimum Gasteiger partial charge on any atom is -0.343 e. The summed E-state index contributed by atoms with van der Waals surface area (Å²) in [5.41, 5.74) is 5.55. The molecule has 4 rings (SSSR count). The first-order valence-corrected chi connectivity index (χ1v) is 10.2. The van der Waals surface area contributed by atoms with Gasteiger partial charge in [0.25, 0.3) is 0 Å². The Kier molecular flexibility index (Phi) is 5.61. The molecule has 0 amide bonds. The van der Waals surface area contributed by atoms with Crippen LogP contribution in [0.2, 0.25) is 0 Å². The molecule has 142 valence electrons. The maximum absolute atomic E-state index is 2.62. The molecule has 1 aliphatic heterocycles. The Hall–Kier alpha value is -2.10. The summed E-state index contributed by atoms with van der Waals surface area (Å²) in [5.74, 6) is 0. The summed E-state index contributed by atoms with van der Waals surface area (Å²) in [6, 6.07) is 17.7. The van der Waals surface area contributed by atoms with E-state index in [1.54, 1.807) is 0 Å². The van der Waals surface area contributed by atoms with Crippen LogP contribution < -0.4 is 0 Å². The smallest absolute Gasteiger partial charge is 0.0486 e. The van der Waals surface area contributed by atoms with Gasteiger partial charge >= 0.3 is 0 Å². The van der Waals surface area contributed by atoms with E-state index in [1.165, 1.54) is 66.7 Å². The van der Waals surface area contributed by atoms with Gasteiger partial charge in [0, 0.05) is 49.8 Å². The van der Waals surface area contributed by atoms with Gasteiger partial charge in [0.15, 0.2) is 0 Å². The van der Waals surface area contributed by atoms with E-state index in [2.05, 4.69) is 83.1 Å². The lowest BCUT2D eigenvalue weighted by Gasteiger charge is -2.32. The second-order valence-corrected chi connectivity index (χ2v) is 8.04. The Morgan fingerprint density at radius 1 is 0.926 bits per heavy atom. The number of piperazine rings is 1. The molecule has 0 spiro atoms. The van der Waals surface area contributed by atoms with Crippen molar-refractivity contribution in [3.05, 3.63) is 71.4 Å². The summed E-state index contributed by atoms with van der Waals surface area (Å²) in [5, 5.41) is 1.42. The first-order valence-electron chi connectivity index (χ1n) is 10.2. The standard InChI is InChI=1S/C24H31N3/c1-20-7-5-8-21(17-20)18-27-19-22(23-10-3-4-11-24(23)27)9-6-12-26-15-13-25(2)14-16-26/h3-5,7-8,10-11,17,19H,6,9,12-16,18H2,1-2H3. The Morgan fingerprint density at radius 3 is 2.56 bits per heavy atom. The number of hydrogen-bond acceptors (Lipinski definition) is 2. The van der Waals surface area contributed by atoms with Crippen LogP contribution in [0.5, 0.6) is 0 Å². The molecule has 1 aromatic heterocycles. The number of aryl methyl sites for hydroxylation is 2. The van der Waals surface area contributed by atoms with Gasteiger partial charge in [-0.3, -0.25) is 0 Å². The zero-order chi connectivity index (χ0) is 18.6. The summed E-state index contributed by atoms with van der Waals surface area (Å²) in [4.78, 5) is 5.04. The minimum atomic E-state index is 0.945. The Morgan fingerprint density at radius 2 is 1.74 bits per heavy atom. The van der Waals surface area contributed by atoms with Gasteiger partial charge in [-0.25, -0.2) is 0 Å². The molecule has 0 bridgehead atoms. The van der Waals surface area contributed by atoms with Crippen molar-refractivity contribution in [1.29, 1.82) is 0 Å². The van der Waals surface area contributed by atoms with Crippen LogP contribution in [0.15, 0.2) is 54.7 Å². The molecule has 0 N–H and O–H groups in total. The monoisotopic (exact) mass is 361 g/mol. The van der Waals surface area contributed by atoms with E-state index in [4.69, 9.17) is 0 Å². The lowest BCUT2D eigenvalue weighted by atomic mass is 10.1. The van der Waals surface area contributed by atoms with Gasteiger partial charge in [-0.2, -0.15) is 0 Å². The van der Waals surface area contributed by atoms with Crippen LogP contribution >= 0.6 is 0 Å². The van der Waals surface area contributed by atoms with Crippen molar-refractivity contribution in [3.8, 4) is 0 Å². The molecule has 0 unspecified atom stereocenters. The van der Waals surface area contributed by atoms with Gasteiger partial charge in [0.1, 0.15) is 0 Å². The SMILES string of the molecule is Cc1cccc(Cn2cc(CCCN3CCN(C)CC3)c3ccccc32)c1. The van der Waals surface area contributed by atoms with Crippen molar-refractivity contribution in [2.75, 3.05) is 39.8 Å². The minimum absolute atomic E-state index is 0.945. The van der Waals surface area contributed by atoms with E-state index >= 15 is 0 Å². The normalized spacial score (nSPS) is 16.2. The largest absolute Gasteiger partial charge is 0.343 e. The van der Waals surface area contributed by atoms with Crippen LogP contribution in [0.4, 0.5) is 0 Å². The number of aromatic nitrogens is 1. The fourth-order valence-electron chi connectivity index (χ4n) is 4.22. The molecular formula is C24H31N3. The summed E-state index contributed by atoms with van der Waals surface area (Å²) >= 11 is 0. The Labute approximate surface area is 163 Å². The third kappa shape index (κ3) is 4.42. The second kappa shape index (κ2) is 8.28. The molecule has 1 aliphatic rings. The van der Waals surface area contributed by atoms with E-state index in [9.17, 15) is 0 Å². The number of likely N-dealkylation sites (N-methyl/N-ethyl adjacent to an activating group) is 1. The molecule has 1 saturated heterocycles. The number of rotatable bonds is 6. The number of benzene rings is 2. The number of fused-ring (bicyclic) bond motifs is 1. The average Bonchev–Trinajstić information content (AvgIpc) is 3.01. The van der Waals surface area contributed by atoms with Crippen molar-refractivity contribution in [1.82, 2.24) is 14.4 Å². The van der Waals surface area contributed by atoms with Crippen molar-refractivity contribution < 1.29 is 0 Å². The fraction of sp³-hybridized carbons (Fsp3) is 0.417. The van der Waals surface area contributed by atoms with Crippen LogP contribution in [-0.2, 0) is 13.0 Å². The van der Waals surface area contributed by atoms with Gasteiger partial charge in [-0.15, -0.1) is 0 Å². The maximum atomic E-state index is 2.62. The molecule has 2 aromatic carbocycles. The van der Waals surface area contributed by atoms with Gasteiger partial charge in [0.05, 0.1) is 0 Å². The van der Waals surface area contributed by atoms with Crippen molar-refractivity contribution >= 4 is 10.9 Å². The van der Waals surface area contributed by atoms with E-state index in [0.29, 0.717) is 0 Å². The molecule has 0 atom stereocenters. The number of para-hydroxylation sites is 1. The maximum Gasteiger partial charge on any atom is 0.0486 e. The second-order valence-electron chi connectivity index (χ2n) is 8.04. The van der Waals surface area contributed by atoms with Crippen molar-refractivity contribution in [2.45, 2.75) is 26.3 Å². The van der Waals surface area contributed by atoms with Crippen LogP contribution in [0.1, 0.15) is 23.1 Å². The summed E-state index contributed by atoms with van der Waals surface area (Å²) < 4.78 is 2.43.